The summed E-state index contributed by atoms with van der Waals surface area (Å²) in [6, 6.07) is 12.5. The number of hydrogen-bond donors (Lipinski definition) is 1. The molecule has 1 N–H and O–H groups in total. The van der Waals surface area contributed by atoms with Gasteiger partial charge in [-0.05, 0) is 43.7 Å². The Kier molecular flexibility index (Phi) is 5.38. The van der Waals surface area contributed by atoms with Crippen molar-refractivity contribution in [1.29, 1.82) is 0 Å². The Bertz CT molecular complexity index is 1340. The average Bonchev–Trinajstić information content (AvgIpc) is 3.04. The minimum Gasteiger partial charge on any atom is -0.477 e. The summed E-state index contributed by atoms with van der Waals surface area (Å²) in [7, 11) is 0. The van der Waals surface area contributed by atoms with Crippen LogP contribution in [0.25, 0.3) is 28.1 Å². The minimum absolute atomic E-state index is 0.0347. The van der Waals surface area contributed by atoms with Gasteiger partial charge in [-0.25, -0.2) is 13.6 Å². The number of carboxylic acids is 1. The predicted molar refractivity (Wildman–Crippen MR) is 117 cm³/mol. The minimum atomic E-state index is -1.13. The molecule has 0 radical (unpaired) electrons. The number of halogens is 2. The van der Waals surface area contributed by atoms with Crippen molar-refractivity contribution in [3.8, 4) is 11.1 Å². The Morgan fingerprint density at radius 1 is 1.16 bits per heavy atom. The average molecular weight is 418 g/mol. The maximum absolute atomic E-state index is 14.4. The number of allylic oxidation sites excluding steroid dienone is 1. The fourth-order valence-corrected chi connectivity index (χ4v) is 3.90. The third kappa shape index (κ3) is 3.72. The molecule has 4 aromatic rings. The molecule has 0 bridgehead atoms. The SMILES string of the molecule is C/C=C\c1ccc2c(c1)c(-c1cccnc1C)c(C(=O)O)n2Cc1ccc(F)cc1F. The van der Waals surface area contributed by atoms with Crippen LogP contribution in [0.2, 0.25) is 0 Å². The molecule has 0 atom stereocenters. The molecule has 2 aromatic heterocycles. The predicted octanol–water partition coefficient (Wildman–Crippen LogP) is 6.07. The number of nitrogens with zero attached hydrogens (tertiary/aromatic N) is 2. The molecule has 0 spiro atoms. The molecule has 4 rings (SSSR count). The van der Waals surface area contributed by atoms with Crippen molar-refractivity contribution in [1.82, 2.24) is 9.55 Å². The number of benzene rings is 2. The van der Waals surface area contributed by atoms with E-state index in [0.29, 0.717) is 22.3 Å². The van der Waals surface area contributed by atoms with Gasteiger partial charge in [-0.2, -0.15) is 0 Å². The van der Waals surface area contributed by atoms with Crippen LogP contribution in [0.15, 0.2) is 60.8 Å². The van der Waals surface area contributed by atoms with Crippen molar-refractivity contribution in [2.75, 3.05) is 0 Å². The number of aryl methyl sites for hydroxylation is 1. The van der Waals surface area contributed by atoms with Gasteiger partial charge in [0.2, 0.25) is 0 Å². The molecule has 0 saturated carbocycles. The van der Waals surface area contributed by atoms with Crippen LogP contribution < -0.4 is 0 Å². The highest BCUT2D eigenvalue weighted by atomic mass is 19.1. The van der Waals surface area contributed by atoms with Gasteiger partial charge in [-0.15, -0.1) is 0 Å². The van der Waals surface area contributed by atoms with Gasteiger partial charge >= 0.3 is 5.97 Å². The van der Waals surface area contributed by atoms with E-state index in [2.05, 4.69) is 4.98 Å². The van der Waals surface area contributed by atoms with E-state index in [0.717, 1.165) is 17.0 Å². The van der Waals surface area contributed by atoms with Crippen LogP contribution in [0.4, 0.5) is 8.78 Å². The lowest BCUT2D eigenvalue weighted by Crippen LogP contribution is -2.11. The van der Waals surface area contributed by atoms with Gasteiger partial charge in [-0.3, -0.25) is 4.98 Å². The number of hydrogen-bond acceptors (Lipinski definition) is 2. The van der Waals surface area contributed by atoms with Gasteiger partial charge in [0, 0.05) is 45.6 Å². The Labute approximate surface area is 178 Å². The van der Waals surface area contributed by atoms with Crippen LogP contribution in [0, 0.1) is 18.6 Å². The van der Waals surface area contributed by atoms with Crippen molar-refractivity contribution in [3.05, 3.63) is 95.0 Å². The zero-order valence-corrected chi connectivity index (χ0v) is 17.1. The van der Waals surface area contributed by atoms with Crippen molar-refractivity contribution in [2.24, 2.45) is 0 Å². The molecule has 2 aromatic carbocycles. The number of rotatable bonds is 5. The maximum atomic E-state index is 14.4. The van der Waals surface area contributed by atoms with Gasteiger partial charge in [0.25, 0.3) is 0 Å². The smallest absolute Gasteiger partial charge is 0.353 e. The summed E-state index contributed by atoms with van der Waals surface area (Å²) >= 11 is 0. The Morgan fingerprint density at radius 2 is 1.97 bits per heavy atom. The third-order valence-corrected chi connectivity index (χ3v) is 5.27. The number of fused-ring (bicyclic) bond motifs is 1. The Balaban J connectivity index is 2.07. The first-order chi connectivity index (χ1) is 14.9. The summed E-state index contributed by atoms with van der Waals surface area (Å²) in [5.74, 6) is -2.54. The van der Waals surface area contributed by atoms with E-state index in [1.807, 2.05) is 50.3 Å². The highest BCUT2D eigenvalue weighted by Crippen LogP contribution is 2.37. The second-order valence-electron chi connectivity index (χ2n) is 7.26. The van der Waals surface area contributed by atoms with Crippen molar-refractivity contribution >= 4 is 22.9 Å². The zero-order valence-electron chi connectivity index (χ0n) is 17.1. The number of carboxylic acid groups (broad SMARTS) is 1. The van der Waals surface area contributed by atoms with E-state index in [1.54, 1.807) is 16.8 Å². The Hall–Kier alpha value is -3.80. The lowest BCUT2D eigenvalue weighted by Gasteiger charge is -2.11. The molecule has 156 valence electrons. The van der Waals surface area contributed by atoms with Crippen LogP contribution in [-0.2, 0) is 6.54 Å². The zero-order chi connectivity index (χ0) is 22.1. The maximum Gasteiger partial charge on any atom is 0.353 e. The number of pyridine rings is 1. The summed E-state index contributed by atoms with van der Waals surface area (Å²) in [5.41, 5.74) is 3.71. The molecular formula is C25H20F2N2O2. The standard InChI is InChI=1S/C25H20F2N2O2/c1-3-5-16-7-10-22-20(12-16)23(19-6-4-11-28-15(19)2)24(25(30)31)29(22)14-17-8-9-18(26)13-21(17)27/h3-13H,14H2,1-2H3,(H,30,31)/b5-3-. The molecule has 6 heteroatoms. The molecule has 2 heterocycles. The monoisotopic (exact) mass is 418 g/mol. The second kappa shape index (κ2) is 8.14. The Morgan fingerprint density at radius 3 is 2.65 bits per heavy atom. The van der Waals surface area contributed by atoms with Crippen LogP contribution in [0.3, 0.4) is 0 Å². The molecule has 0 aliphatic rings. The van der Waals surface area contributed by atoms with Gasteiger partial charge in [-0.1, -0.05) is 30.4 Å². The van der Waals surface area contributed by atoms with E-state index in [1.165, 1.54) is 12.1 Å². The molecule has 0 fully saturated rings. The molecule has 0 aliphatic heterocycles. The molecule has 0 saturated heterocycles. The van der Waals surface area contributed by atoms with E-state index >= 15 is 0 Å². The fourth-order valence-electron chi connectivity index (χ4n) is 3.90. The van der Waals surface area contributed by atoms with Crippen molar-refractivity contribution in [3.63, 3.8) is 0 Å². The number of aromatic carboxylic acids is 1. The molecule has 0 unspecified atom stereocenters. The van der Waals surface area contributed by atoms with Crippen LogP contribution in [0.5, 0.6) is 0 Å². The van der Waals surface area contributed by atoms with Crippen molar-refractivity contribution in [2.45, 2.75) is 20.4 Å². The van der Waals surface area contributed by atoms with Gasteiger partial charge in [0.15, 0.2) is 0 Å². The highest BCUT2D eigenvalue weighted by molar-refractivity contribution is 6.09. The largest absolute Gasteiger partial charge is 0.477 e. The molecular weight excluding hydrogens is 398 g/mol. The summed E-state index contributed by atoms with van der Waals surface area (Å²) in [5, 5.41) is 10.9. The van der Waals surface area contributed by atoms with Crippen LogP contribution >= 0.6 is 0 Å². The van der Waals surface area contributed by atoms with Gasteiger partial charge in [0.1, 0.15) is 17.3 Å². The van der Waals surface area contributed by atoms with Gasteiger partial charge < -0.3 is 9.67 Å². The lowest BCUT2D eigenvalue weighted by atomic mass is 9.99. The van der Waals surface area contributed by atoms with E-state index < -0.39 is 17.6 Å². The topological polar surface area (TPSA) is 55.1 Å². The molecule has 31 heavy (non-hydrogen) atoms. The molecule has 0 aliphatic carbocycles. The fraction of sp³-hybridized carbons (Fsp3) is 0.120. The normalized spacial score (nSPS) is 11.5. The van der Waals surface area contributed by atoms with Crippen LogP contribution in [-0.4, -0.2) is 20.6 Å². The summed E-state index contributed by atoms with van der Waals surface area (Å²) in [4.78, 5) is 16.7. The molecule has 0 amide bonds. The third-order valence-electron chi connectivity index (χ3n) is 5.27. The van der Waals surface area contributed by atoms with E-state index in [-0.39, 0.29) is 17.8 Å². The van der Waals surface area contributed by atoms with Gasteiger partial charge in [0.05, 0.1) is 6.54 Å². The summed E-state index contributed by atoms with van der Waals surface area (Å²) < 4.78 is 29.4. The van der Waals surface area contributed by atoms with E-state index in [9.17, 15) is 18.7 Å². The van der Waals surface area contributed by atoms with E-state index in [4.69, 9.17) is 0 Å². The first-order valence-corrected chi connectivity index (χ1v) is 9.79. The number of aromatic nitrogens is 2. The lowest BCUT2D eigenvalue weighted by molar-refractivity contribution is 0.0687. The summed E-state index contributed by atoms with van der Waals surface area (Å²) in [6.45, 7) is 3.67. The quantitative estimate of drug-likeness (QED) is 0.428. The highest BCUT2D eigenvalue weighted by Gasteiger charge is 2.25. The number of carbonyl (C=O) groups is 1. The first-order valence-electron chi connectivity index (χ1n) is 9.79. The summed E-state index contributed by atoms with van der Waals surface area (Å²) in [6.07, 6.45) is 5.48. The van der Waals surface area contributed by atoms with Crippen LogP contribution in [0.1, 0.15) is 34.2 Å². The van der Waals surface area contributed by atoms with Crippen molar-refractivity contribution < 1.29 is 18.7 Å². The second-order valence-corrected chi connectivity index (χ2v) is 7.26. The molecule has 4 nitrogen and oxygen atoms in total. The first kappa shape index (κ1) is 20.5.